The third-order valence-corrected chi connectivity index (χ3v) is 3.20. The van der Waals surface area contributed by atoms with Crippen molar-refractivity contribution in [3.05, 3.63) is 35.4 Å². The average Bonchev–Trinajstić information content (AvgIpc) is 2.80. The average molecular weight is 243 g/mol. The highest BCUT2D eigenvalue weighted by Gasteiger charge is 2.21. The molecule has 2 rings (SSSR count). The Morgan fingerprint density at radius 2 is 2.28 bits per heavy atom. The number of hydrogen-bond donors (Lipinski definition) is 2. The van der Waals surface area contributed by atoms with E-state index in [1.807, 2.05) is 12.1 Å². The Labute approximate surface area is 107 Å². The Morgan fingerprint density at radius 1 is 1.44 bits per heavy atom. The van der Waals surface area contributed by atoms with E-state index in [-0.39, 0.29) is 11.9 Å². The van der Waals surface area contributed by atoms with Crippen LogP contribution in [0.4, 0.5) is 0 Å². The van der Waals surface area contributed by atoms with Gasteiger partial charge in [-0.15, -0.1) is 0 Å². The number of rotatable bonds is 5. The first-order valence-corrected chi connectivity index (χ1v) is 6.26. The molecule has 2 N–H and O–H groups in total. The number of fused-ring (bicyclic) bond motifs is 1. The fraction of sp³-hybridized carbons (Fsp3) is 0.429. The summed E-state index contributed by atoms with van der Waals surface area (Å²) in [5.41, 5.74) is 2.68. The second kappa shape index (κ2) is 6.18. The lowest BCUT2D eigenvalue weighted by molar-refractivity contribution is -0.120. The van der Waals surface area contributed by atoms with Gasteiger partial charge >= 0.3 is 0 Å². The van der Waals surface area contributed by atoms with Crippen molar-refractivity contribution in [1.82, 2.24) is 10.6 Å². The SMILES string of the molecule is N#CCCNC(=O)CNC1CCc2ccccc21. The van der Waals surface area contributed by atoms with E-state index in [0.717, 1.165) is 12.8 Å². The molecule has 1 aromatic rings. The molecule has 0 saturated carbocycles. The lowest BCUT2D eigenvalue weighted by Gasteiger charge is -2.13. The van der Waals surface area contributed by atoms with Crippen LogP contribution in [0.5, 0.6) is 0 Å². The Morgan fingerprint density at radius 3 is 3.11 bits per heavy atom. The molecule has 1 unspecified atom stereocenters. The summed E-state index contributed by atoms with van der Waals surface area (Å²) in [4.78, 5) is 11.5. The zero-order chi connectivity index (χ0) is 12.8. The summed E-state index contributed by atoms with van der Waals surface area (Å²) >= 11 is 0. The number of nitrogens with one attached hydrogen (secondary N) is 2. The van der Waals surface area contributed by atoms with Crippen molar-refractivity contribution in [2.24, 2.45) is 0 Å². The number of carbonyl (C=O) groups excluding carboxylic acids is 1. The van der Waals surface area contributed by atoms with Crippen molar-refractivity contribution in [1.29, 1.82) is 5.26 Å². The Hall–Kier alpha value is -1.86. The zero-order valence-corrected chi connectivity index (χ0v) is 10.3. The van der Waals surface area contributed by atoms with Crippen LogP contribution in [-0.4, -0.2) is 19.0 Å². The van der Waals surface area contributed by atoms with Gasteiger partial charge in [0.05, 0.1) is 19.0 Å². The van der Waals surface area contributed by atoms with Gasteiger partial charge in [-0.2, -0.15) is 5.26 Å². The Balaban J connectivity index is 1.79. The number of benzene rings is 1. The minimum Gasteiger partial charge on any atom is -0.354 e. The molecule has 94 valence electrons. The summed E-state index contributed by atoms with van der Waals surface area (Å²) in [6.07, 6.45) is 2.48. The smallest absolute Gasteiger partial charge is 0.234 e. The van der Waals surface area contributed by atoms with Gasteiger partial charge in [0.2, 0.25) is 5.91 Å². The van der Waals surface area contributed by atoms with E-state index in [9.17, 15) is 4.79 Å². The molecule has 1 atom stereocenters. The maximum absolute atomic E-state index is 11.5. The standard InChI is InChI=1S/C14H17N3O/c15-8-3-9-16-14(18)10-17-13-7-6-11-4-1-2-5-12(11)13/h1-2,4-5,13,17H,3,6-7,9-10H2,(H,16,18). The normalized spacial score (nSPS) is 16.9. The van der Waals surface area contributed by atoms with Crippen LogP contribution in [-0.2, 0) is 11.2 Å². The van der Waals surface area contributed by atoms with Gasteiger partial charge in [-0.3, -0.25) is 4.79 Å². The maximum Gasteiger partial charge on any atom is 0.234 e. The quantitative estimate of drug-likeness (QED) is 0.766. The number of amides is 1. The Bertz CT molecular complexity index is 464. The summed E-state index contributed by atoms with van der Waals surface area (Å²) < 4.78 is 0. The van der Waals surface area contributed by atoms with E-state index in [0.29, 0.717) is 19.5 Å². The third-order valence-electron chi connectivity index (χ3n) is 3.20. The molecule has 0 bridgehead atoms. The molecular weight excluding hydrogens is 226 g/mol. The van der Waals surface area contributed by atoms with Crippen LogP contribution >= 0.6 is 0 Å². The van der Waals surface area contributed by atoms with Gasteiger partial charge < -0.3 is 10.6 Å². The fourth-order valence-electron chi connectivity index (χ4n) is 2.31. The molecule has 1 aliphatic carbocycles. The van der Waals surface area contributed by atoms with Crippen molar-refractivity contribution >= 4 is 5.91 Å². The van der Waals surface area contributed by atoms with Gasteiger partial charge in [-0.05, 0) is 24.0 Å². The highest BCUT2D eigenvalue weighted by atomic mass is 16.1. The van der Waals surface area contributed by atoms with Crippen LogP contribution in [0, 0.1) is 11.3 Å². The van der Waals surface area contributed by atoms with Crippen molar-refractivity contribution < 1.29 is 4.79 Å². The van der Waals surface area contributed by atoms with Crippen LogP contribution in [0.25, 0.3) is 0 Å². The molecule has 0 saturated heterocycles. The predicted octanol–water partition coefficient (Wildman–Crippen LogP) is 1.29. The Kier molecular flexibility index (Phi) is 4.32. The summed E-state index contributed by atoms with van der Waals surface area (Å²) in [6, 6.07) is 10.6. The summed E-state index contributed by atoms with van der Waals surface area (Å²) in [5.74, 6) is -0.0466. The van der Waals surface area contributed by atoms with Crippen molar-refractivity contribution in [3.63, 3.8) is 0 Å². The first-order valence-electron chi connectivity index (χ1n) is 6.26. The lowest BCUT2D eigenvalue weighted by atomic mass is 10.1. The van der Waals surface area contributed by atoms with E-state index in [4.69, 9.17) is 5.26 Å². The van der Waals surface area contributed by atoms with Gasteiger partial charge in [0.1, 0.15) is 0 Å². The molecule has 1 amide bonds. The topological polar surface area (TPSA) is 64.9 Å². The van der Waals surface area contributed by atoms with Gasteiger partial charge in [0.15, 0.2) is 0 Å². The molecule has 0 fully saturated rings. The summed E-state index contributed by atoms with van der Waals surface area (Å²) in [5, 5.41) is 14.4. The van der Waals surface area contributed by atoms with Crippen molar-refractivity contribution in [3.8, 4) is 6.07 Å². The number of hydrogen-bond acceptors (Lipinski definition) is 3. The third kappa shape index (κ3) is 3.08. The number of carbonyl (C=O) groups is 1. The monoisotopic (exact) mass is 243 g/mol. The van der Waals surface area contributed by atoms with Crippen molar-refractivity contribution in [2.75, 3.05) is 13.1 Å². The molecule has 0 aliphatic heterocycles. The lowest BCUT2D eigenvalue weighted by Crippen LogP contribution is -2.35. The second-order valence-electron chi connectivity index (χ2n) is 4.43. The molecular formula is C14H17N3O. The largest absolute Gasteiger partial charge is 0.354 e. The van der Waals surface area contributed by atoms with Gasteiger partial charge in [-0.25, -0.2) is 0 Å². The van der Waals surface area contributed by atoms with Gasteiger partial charge in [0.25, 0.3) is 0 Å². The van der Waals surface area contributed by atoms with Gasteiger partial charge in [0, 0.05) is 12.6 Å². The molecule has 1 aromatic carbocycles. The first-order chi connectivity index (χ1) is 8.81. The van der Waals surface area contributed by atoms with Crippen LogP contribution in [0.1, 0.15) is 30.0 Å². The summed E-state index contributed by atoms with van der Waals surface area (Å²) in [7, 11) is 0. The minimum atomic E-state index is -0.0466. The zero-order valence-electron chi connectivity index (χ0n) is 10.3. The molecule has 1 aliphatic rings. The highest BCUT2D eigenvalue weighted by Crippen LogP contribution is 2.30. The minimum absolute atomic E-state index is 0.0466. The van der Waals surface area contributed by atoms with E-state index in [2.05, 4.69) is 28.8 Å². The van der Waals surface area contributed by atoms with Crippen LogP contribution in [0.2, 0.25) is 0 Å². The molecule has 18 heavy (non-hydrogen) atoms. The van der Waals surface area contributed by atoms with Crippen molar-refractivity contribution in [2.45, 2.75) is 25.3 Å². The van der Waals surface area contributed by atoms with E-state index in [1.165, 1.54) is 11.1 Å². The number of nitriles is 1. The molecule has 4 nitrogen and oxygen atoms in total. The maximum atomic E-state index is 11.5. The fourth-order valence-corrected chi connectivity index (χ4v) is 2.31. The number of nitrogens with zero attached hydrogens (tertiary/aromatic N) is 1. The van der Waals surface area contributed by atoms with Crippen LogP contribution in [0.15, 0.2) is 24.3 Å². The van der Waals surface area contributed by atoms with Crippen LogP contribution < -0.4 is 10.6 Å². The molecule has 4 heteroatoms. The van der Waals surface area contributed by atoms with E-state index < -0.39 is 0 Å². The highest BCUT2D eigenvalue weighted by molar-refractivity contribution is 5.78. The van der Waals surface area contributed by atoms with E-state index >= 15 is 0 Å². The van der Waals surface area contributed by atoms with E-state index in [1.54, 1.807) is 0 Å². The second-order valence-corrected chi connectivity index (χ2v) is 4.43. The molecule has 0 aromatic heterocycles. The number of aryl methyl sites for hydroxylation is 1. The molecule has 0 radical (unpaired) electrons. The first kappa shape index (κ1) is 12.6. The van der Waals surface area contributed by atoms with Gasteiger partial charge in [-0.1, -0.05) is 24.3 Å². The molecule has 0 spiro atoms. The van der Waals surface area contributed by atoms with Crippen LogP contribution in [0.3, 0.4) is 0 Å². The summed E-state index contributed by atoms with van der Waals surface area (Å²) in [6.45, 7) is 0.739. The molecule has 0 heterocycles. The predicted molar refractivity (Wildman–Crippen MR) is 68.7 cm³/mol.